The van der Waals surface area contributed by atoms with Crippen molar-refractivity contribution in [2.75, 3.05) is 19.7 Å². The van der Waals surface area contributed by atoms with Crippen LogP contribution in [0.15, 0.2) is 30.3 Å². The zero-order chi connectivity index (χ0) is 20.0. The summed E-state index contributed by atoms with van der Waals surface area (Å²) in [6, 6.07) is 3.90. The van der Waals surface area contributed by atoms with Gasteiger partial charge in [-0.25, -0.2) is 0 Å². The van der Waals surface area contributed by atoms with E-state index < -0.39 is 42.9 Å². The van der Waals surface area contributed by atoms with Crippen molar-refractivity contribution in [1.82, 2.24) is 4.90 Å². The lowest BCUT2D eigenvalue weighted by Crippen LogP contribution is -2.41. The van der Waals surface area contributed by atoms with E-state index in [2.05, 4.69) is 4.74 Å². The van der Waals surface area contributed by atoms with Gasteiger partial charge in [-0.1, -0.05) is 12.1 Å². The molecular formula is C16H15F6NO3. The SMILES string of the molecule is CCOC(=O)CN(CC(F)(F)F)C(=O)/C=C/c1cccc(C(F)(F)F)c1. The Bertz CT molecular complexity index is 667. The first kappa shape index (κ1) is 21.5. The maximum atomic E-state index is 12.6. The second-order valence-corrected chi connectivity index (χ2v) is 5.07. The van der Waals surface area contributed by atoms with Gasteiger partial charge in [0.25, 0.3) is 0 Å². The Morgan fingerprint density at radius 2 is 1.81 bits per heavy atom. The molecule has 0 atom stereocenters. The number of hydrogen-bond donors (Lipinski definition) is 0. The Balaban J connectivity index is 2.94. The second kappa shape index (κ2) is 8.72. The van der Waals surface area contributed by atoms with Gasteiger partial charge in [-0.2, -0.15) is 26.3 Å². The monoisotopic (exact) mass is 383 g/mol. The van der Waals surface area contributed by atoms with Crippen molar-refractivity contribution >= 4 is 18.0 Å². The molecule has 1 rings (SSSR count). The van der Waals surface area contributed by atoms with Gasteiger partial charge in [-0.3, -0.25) is 9.59 Å². The molecule has 0 saturated heterocycles. The summed E-state index contributed by atoms with van der Waals surface area (Å²) in [6.45, 7) is -1.26. The largest absolute Gasteiger partial charge is 0.465 e. The summed E-state index contributed by atoms with van der Waals surface area (Å²) in [7, 11) is 0. The van der Waals surface area contributed by atoms with Crippen LogP contribution in [0.25, 0.3) is 6.08 Å². The molecule has 4 nitrogen and oxygen atoms in total. The fourth-order valence-electron chi connectivity index (χ4n) is 1.88. The van der Waals surface area contributed by atoms with Gasteiger partial charge < -0.3 is 9.64 Å². The molecule has 0 aliphatic rings. The fraction of sp³-hybridized carbons (Fsp3) is 0.375. The molecule has 26 heavy (non-hydrogen) atoms. The molecule has 0 aromatic heterocycles. The summed E-state index contributed by atoms with van der Waals surface area (Å²) in [6.07, 6.45) is -7.75. The van der Waals surface area contributed by atoms with Crippen molar-refractivity contribution in [3.05, 3.63) is 41.5 Å². The molecule has 1 aromatic rings. The van der Waals surface area contributed by atoms with Crippen LogP contribution in [0, 0.1) is 0 Å². The first-order chi connectivity index (χ1) is 11.9. The molecular weight excluding hydrogens is 368 g/mol. The van der Waals surface area contributed by atoms with E-state index in [-0.39, 0.29) is 17.1 Å². The number of alkyl halides is 6. The molecule has 0 radical (unpaired) electrons. The summed E-state index contributed by atoms with van der Waals surface area (Å²) in [5, 5.41) is 0. The minimum atomic E-state index is -4.76. The van der Waals surface area contributed by atoms with Gasteiger partial charge in [0.2, 0.25) is 5.91 Å². The van der Waals surface area contributed by atoms with E-state index in [1.807, 2.05) is 0 Å². The van der Waals surface area contributed by atoms with E-state index in [4.69, 9.17) is 0 Å². The highest BCUT2D eigenvalue weighted by molar-refractivity contribution is 5.93. The molecule has 0 aliphatic carbocycles. The van der Waals surface area contributed by atoms with E-state index >= 15 is 0 Å². The first-order valence-corrected chi connectivity index (χ1v) is 7.29. The average molecular weight is 383 g/mol. The zero-order valence-corrected chi connectivity index (χ0v) is 13.5. The lowest BCUT2D eigenvalue weighted by atomic mass is 10.1. The van der Waals surface area contributed by atoms with Gasteiger partial charge in [0.05, 0.1) is 12.2 Å². The summed E-state index contributed by atoms with van der Waals surface area (Å²) in [5.41, 5.74) is -0.998. The number of carbonyl (C=O) groups excluding carboxylic acids is 2. The third-order valence-corrected chi connectivity index (χ3v) is 2.94. The lowest BCUT2D eigenvalue weighted by Gasteiger charge is -2.21. The molecule has 0 N–H and O–H groups in total. The Kier molecular flexibility index (Phi) is 7.22. The maximum Gasteiger partial charge on any atom is 0.416 e. The third kappa shape index (κ3) is 7.58. The molecule has 0 aliphatic heterocycles. The lowest BCUT2D eigenvalue weighted by molar-refractivity contribution is -0.164. The van der Waals surface area contributed by atoms with Crippen LogP contribution in [0.1, 0.15) is 18.1 Å². The normalized spacial score (nSPS) is 12.3. The predicted molar refractivity (Wildman–Crippen MR) is 79.7 cm³/mol. The number of carbonyl (C=O) groups is 2. The van der Waals surface area contributed by atoms with Crippen LogP contribution in [-0.4, -0.2) is 42.6 Å². The van der Waals surface area contributed by atoms with Crippen LogP contribution in [0.4, 0.5) is 26.3 Å². The quantitative estimate of drug-likeness (QED) is 0.428. The Morgan fingerprint density at radius 1 is 1.15 bits per heavy atom. The van der Waals surface area contributed by atoms with E-state index in [0.717, 1.165) is 24.3 Å². The Morgan fingerprint density at radius 3 is 2.35 bits per heavy atom. The number of ether oxygens (including phenoxy) is 1. The van der Waals surface area contributed by atoms with Crippen molar-refractivity contribution in [1.29, 1.82) is 0 Å². The van der Waals surface area contributed by atoms with Gasteiger partial charge in [0, 0.05) is 6.08 Å². The van der Waals surface area contributed by atoms with E-state index in [1.54, 1.807) is 0 Å². The average Bonchev–Trinajstić information content (AvgIpc) is 2.50. The topological polar surface area (TPSA) is 46.6 Å². The summed E-state index contributed by atoms with van der Waals surface area (Å²) in [4.78, 5) is 23.5. The summed E-state index contributed by atoms with van der Waals surface area (Å²) >= 11 is 0. The smallest absolute Gasteiger partial charge is 0.416 e. The molecule has 1 aromatic carbocycles. The highest BCUT2D eigenvalue weighted by atomic mass is 19.4. The van der Waals surface area contributed by atoms with Crippen molar-refractivity contribution < 1.29 is 40.7 Å². The van der Waals surface area contributed by atoms with E-state index in [9.17, 15) is 35.9 Å². The van der Waals surface area contributed by atoms with Crippen LogP contribution in [0.2, 0.25) is 0 Å². The van der Waals surface area contributed by atoms with E-state index in [1.165, 1.54) is 13.0 Å². The van der Waals surface area contributed by atoms with Crippen LogP contribution >= 0.6 is 0 Å². The third-order valence-electron chi connectivity index (χ3n) is 2.94. The fourth-order valence-corrected chi connectivity index (χ4v) is 1.88. The van der Waals surface area contributed by atoms with Crippen LogP contribution in [0.5, 0.6) is 0 Å². The number of halogens is 6. The number of amides is 1. The second-order valence-electron chi connectivity index (χ2n) is 5.07. The molecule has 0 fully saturated rings. The van der Waals surface area contributed by atoms with Gasteiger partial charge in [0.1, 0.15) is 13.1 Å². The predicted octanol–water partition coefficient (Wildman–Crippen LogP) is 3.67. The van der Waals surface area contributed by atoms with Gasteiger partial charge >= 0.3 is 18.3 Å². The molecule has 0 saturated carbocycles. The molecule has 0 spiro atoms. The maximum absolute atomic E-state index is 12.6. The van der Waals surface area contributed by atoms with Crippen LogP contribution in [0.3, 0.4) is 0 Å². The number of rotatable bonds is 6. The number of esters is 1. The zero-order valence-electron chi connectivity index (χ0n) is 13.5. The molecule has 0 heterocycles. The van der Waals surface area contributed by atoms with Gasteiger partial charge in [-0.05, 0) is 30.7 Å². The minimum Gasteiger partial charge on any atom is -0.465 e. The number of benzene rings is 1. The first-order valence-electron chi connectivity index (χ1n) is 7.29. The molecule has 10 heteroatoms. The Hall–Kier alpha value is -2.52. The van der Waals surface area contributed by atoms with Crippen molar-refractivity contribution in [3.8, 4) is 0 Å². The Labute approximate surface area is 145 Å². The van der Waals surface area contributed by atoms with Gasteiger partial charge in [-0.15, -0.1) is 0 Å². The van der Waals surface area contributed by atoms with Crippen molar-refractivity contribution in [3.63, 3.8) is 0 Å². The van der Waals surface area contributed by atoms with Crippen molar-refractivity contribution in [2.24, 2.45) is 0 Å². The van der Waals surface area contributed by atoms with Gasteiger partial charge in [0.15, 0.2) is 0 Å². The molecule has 1 amide bonds. The standard InChI is InChI=1S/C16H15F6NO3/c1-2-26-14(25)9-23(10-15(17,18)19)13(24)7-6-11-4-3-5-12(8-11)16(20,21)22/h3-8H,2,9-10H2,1H3/b7-6+. The number of nitrogens with zero attached hydrogens (tertiary/aromatic N) is 1. The summed E-state index contributed by atoms with van der Waals surface area (Å²) in [5.74, 6) is -2.22. The van der Waals surface area contributed by atoms with Crippen molar-refractivity contribution in [2.45, 2.75) is 19.3 Å². The van der Waals surface area contributed by atoms with Crippen LogP contribution < -0.4 is 0 Å². The minimum absolute atomic E-state index is 0.0312. The highest BCUT2D eigenvalue weighted by Crippen LogP contribution is 2.29. The highest BCUT2D eigenvalue weighted by Gasteiger charge is 2.33. The van der Waals surface area contributed by atoms with E-state index in [0.29, 0.717) is 6.08 Å². The summed E-state index contributed by atoms with van der Waals surface area (Å²) < 4.78 is 80.0. The van der Waals surface area contributed by atoms with Crippen LogP contribution in [-0.2, 0) is 20.5 Å². The molecule has 144 valence electrons. The number of hydrogen-bond acceptors (Lipinski definition) is 3. The molecule has 0 unspecified atom stereocenters. The molecule has 0 bridgehead atoms.